The molecule has 0 saturated carbocycles. The first kappa shape index (κ1) is 14.0. The molecule has 2 aromatic rings. The molecule has 104 valence electrons. The molecule has 2 aromatic carbocycles. The predicted molar refractivity (Wildman–Crippen MR) is 85.9 cm³/mol. The third-order valence-electron chi connectivity index (χ3n) is 3.50. The second-order valence-corrected chi connectivity index (χ2v) is 6.19. The van der Waals surface area contributed by atoms with Gasteiger partial charge in [0, 0.05) is 29.8 Å². The molecule has 2 N–H and O–H groups in total. The number of nitrogens with two attached hydrogens (primary N) is 1. The maximum absolute atomic E-state index is 6.17. The van der Waals surface area contributed by atoms with Crippen LogP contribution in [0.3, 0.4) is 0 Å². The van der Waals surface area contributed by atoms with Gasteiger partial charge in [0.25, 0.3) is 0 Å². The third-order valence-corrected chi connectivity index (χ3v) is 4.48. The summed E-state index contributed by atoms with van der Waals surface area (Å²) in [5, 5.41) is 1.86. The molecular formula is C15H13Cl3N2. The van der Waals surface area contributed by atoms with Crippen molar-refractivity contribution in [1.29, 1.82) is 0 Å². The quantitative estimate of drug-likeness (QED) is 0.868. The van der Waals surface area contributed by atoms with E-state index in [1.807, 2.05) is 36.4 Å². The molecule has 3 rings (SSSR count). The molecule has 0 spiro atoms. The molecule has 1 aliphatic rings. The van der Waals surface area contributed by atoms with Gasteiger partial charge in [0.2, 0.25) is 0 Å². The van der Waals surface area contributed by atoms with E-state index in [-0.39, 0.29) is 6.04 Å². The lowest BCUT2D eigenvalue weighted by Gasteiger charge is -2.20. The first-order valence-electron chi connectivity index (χ1n) is 6.28. The lowest BCUT2D eigenvalue weighted by atomic mass is 10.1. The number of fused-ring (bicyclic) bond motifs is 1. The third kappa shape index (κ3) is 2.61. The highest BCUT2D eigenvalue weighted by Crippen LogP contribution is 2.36. The summed E-state index contributed by atoms with van der Waals surface area (Å²) >= 11 is 18.0. The Kier molecular flexibility index (Phi) is 3.83. The van der Waals surface area contributed by atoms with Crippen LogP contribution in [0.15, 0.2) is 36.4 Å². The minimum Gasteiger partial charge on any atom is -0.365 e. The van der Waals surface area contributed by atoms with Crippen molar-refractivity contribution in [3.05, 3.63) is 62.6 Å². The standard InChI is InChI=1S/C15H13Cl3N2/c16-10-2-4-15-11(6-10)14(19)8-20(15)7-9-1-3-12(17)13(18)5-9/h1-6,14H,7-8,19H2/t14-/m0/s1. The van der Waals surface area contributed by atoms with Gasteiger partial charge in [-0.3, -0.25) is 0 Å². The van der Waals surface area contributed by atoms with Gasteiger partial charge in [-0.25, -0.2) is 0 Å². The van der Waals surface area contributed by atoms with Gasteiger partial charge in [-0.1, -0.05) is 40.9 Å². The summed E-state index contributed by atoms with van der Waals surface area (Å²) in [4.78, 5) is 2.23. The molecule has 0 aliphatic carbocycles. The Labute approximate surface area is 133 Å². The van der Waals surface area contributed by atoms with Gasteiger partial charge in [0.1, 0.15) is 0 Å². The Bertz CT molecular complexity index is 658. The van der Waals surface area contributed by atoms with Crippen molar-refractivity contribution in [2.45, 2.75) is 12.6 Å². The molecular weight excluding hydrogens is 315 g/mol. The monoisotopic (exact) mass is 326 g/mol. The Morgan fingerprint density at radius 3 is 2.60 bits per heavy atom. The summed E-state index contributed by atoms with van der Waals surface area (Å²) < 4.78 is 0. The lowest BCUT2D eigenvalue weighted by molar-refractivity contribution is 0.720. The molecule has 1 heterocycles. The maximum atomic E-state index is 6.17. The van der Waals surface area contributed by atoms with E-state index in [0.717, 1.165) is 34.9 Å². The normalized spacial score (nSPS) is 17.4. The van der Waals surface area contributed by atoms with Crippen LogP contribution in [0.2, 0.25) is 15.1 Å². The number of anilines is 1. The second kappa shape index (κ2) is 5.45. The first-order valence-corrected chi connectivity index (χ1v) is 7.42. The van der Waals surface area contributed by atoms with Crippen LogP contribution < -0.4 is 10.6 Å². The zero-order valence-corrected chi connectivity index (χ0v) is 12.9. The summed E-state index contributed by atoms with van der Waals surface area (Å²) in [6.07, 6.45) is 0. The molecule has 0 aromatic heterocycles. The van der Waals surface area contributed by atoms with Crippen molar-refractivity contribution in [3.63, 3.8) is 0 Å². The number of rotatable bonds is 2. The van der Waals surface area contributed by atoms with Gasteiger partial charge >= 0.3 is 0 Å². The average molecular weight is 328 g/mol. The van der Waals surface area contributed by atoms with Crippen molar-refractivity contribution < 1.29 is 0 Å². The largest absolute Gasteiger partial charge is 0.365 e. The number of halogens is 3. The highest BCUT2D eigenvalue weighted by atomic mass is 35.5. The summed E-state index contributed by atoms with van der Waals surface area (Å²) in [5.74, 6) is 0. The van der Waals surface area contributed by atoms with Gasteiger partial charge in [0.05, 0.1) is 10.0 Å². The molecule has 0 unspecified atom stereocenters. The van der Waals surface area contributed by atoms with E-state index >= 15 is 0 Å². The molecule has 5 heteroatoms. The van der Waals surface area contributed by atoms with Crippen LogP contribution in [0.4, 0.5) is 5.69 Å². The molecule has 0 amide bonds. The van der Waals surface area contributed by atoms with Crippen molar-refractivity contribution in [3.8, 4) is 0 Å². The van der Waals surface area contributed by atoms with Gasteiger partial charge in [-0.05, 0) is 41.5 Å². The topological polar surface area (TPSA) is 29.3 Å². The number of benzene rings is 2. The molecule has 0 saturated heterocycles. The lowest BCUT2D eigenvalue weighted by Crippen LogP contribution is -2.23. The smallest absolute Gasteiger partial charge is 0.0595 e. The molecule has 0 radical (unpaired) electrons. The fraction of sp³-hybridized carbons (Fsp3) is 0.200. The Hall–Kier alpha value is -0.930. The highest BCUT2D eigenvalue weighted by Gasteiger charge is 2.26. The number of nitrogens with zero attached hydrogens (tertiary/aromatic N) is 1. The SMILES string of the molecule is N[C@H]1CN(Cc2ccc(Cl)c(Cl)c2)c2ccc(Cl)cc21. The van der Waals surface area contributed by atoms with Crippen LogP contribution in [0.25, 0.3) is 0 Å². The van der Waals surface area contributed by atoms with Crippen LogP contribution >= 0.6 is 34.8 Å². The number of hydrogen-bond donors (Lipinski definition) is 1. The van der Waals surface area contributed by atoms with E-state index in [2.05, 4.69) is 4.90 Å². The Morgan fingerprint density at radius 1 is 1.05 bits per heavy atom. The van der Waals surface area contributed by atoms with Crippen molar-refractivity contribution in [1.82, 2.24) is 0 Å². The van der Waals surface area contributed by atoms with E-state index in [1.54, 1.807) is 0 Å². The van der Waals surface area contributed by atoms with Gasteiger partial charge < -0.3 is 10.6 Å². The van der Waals surface area contributed by atoms with Gasteiger partial charge in [-0.15, -0.1) is 0 Å². The minimum atomic E-state index is -0.00790. The fourth-order valence-corrected chi connectivity index (χ4v) is 3.05. The summed E-state index contributed by atoms with van der Waals surface area (Å²) in [5.41, 5.74) is 9.50. The predicted octanol–water partition coefficient (Wildman–Crippen LogP) is 4.67. The Morgan fingerprint density at radius 2 is 1.85 bits per heavy atom. The molecule has 0 fully saturated rings. The second-order valence-electron chi connectivity index (χ2n) is 4.94. The van der Waals surface area contributed by atoms with Crippen LogP contribution in [-0.4, -0.2) is 6.54 Å². The Balaban J connectivity index is 1.88. The molecule has 0 bridgehead atoms. The zero-order valence-electron chi connectivity index (χ0n) is 10.6. The minimum absolute atomic E-state index is 0.00790. The summed E-state index contributed by atoms with van der Waals surface area (Å²) in [7, 11) is 0. The van der Waals surface area contributed by atoms with Gasteiger partial charge in [0.15, 0.2) is 0 Å². The molecule has 2 nitrogen and oxygen atoms in total. The van der Waals surface area contributed by atoms with E-state index in [1.165, 1.54) is 0 Å². The van der Waals surface area contributed by atoms with Crippen LogP contribution in [0, 0.1) is 0 Å². The average Bonchev–Trinajstić information content (AvgIpc) is 2.70. The van der Waals surface area contributed by atoms with E-state index in [0.29, 0.717) is 10.0 Å². The summed E-state index contributed by atoms with van der Waals surface area (Å²) in [6, 6.07) is 11.5. The van der Waals surface area contributed by atoms with E-state index in [9.17, 15) is 0 Å². The van der Waals surface area contributed by atoms with Gasteiger partial charge in [-0.2, -0.15) is 0 Å². The molecule has 1 atom stereocenters. The maximum Gasteiger partial charge on any atom is 0.0595 e. The van der Waals surface area contributed by atoms with Crippen molar-refractivity contribution in [2.75, 3.05) is 11.4 Å². The zero-order chi connectivity index (χ0) is 14.3. The fourth-order valence-electron chi connectivity index (χ4n) is 2.55. The first-order chi connectivity index (χ1) is 9.54. The van der Waals surface area contributed by atoms with E-state index < -0.39 is 0 Å². The summed E-state index contributed by atoms with van der Waals surface area (Å²) in [6.45, 7) is 1.52. The van der Waals surface area contributed by atoms with Crippen molar-refractivity contribution in [2.24, 2.45) is 5.73 Å². The highest BCUT2D eigenvalue weighted by molar-refractivity contribution is 6.42. The van der Waals surface area contributed by atoms with Crippen LogP contribution in [0.1, 0.15) is 17.2 Å². The van der Waals surface area contributed by atoms with Crippen LogP contribution in [0.5, 0.6) is 0 Å². The van der Waals surface area contributed by atoms with Crippen molar-refractivity contribution >= 4 is 40.5 Å². The number of hydrogen-bond acceptors (Lipinski definition) is 2. The van der Waals surface area contributed by atoms with E-state index in [4.69, 9.17) is 40.5 Å². The molecule has 20 heavy (non-hydrogen) atoms. The molecule has 1 aliphatic heterocycles. The van der Waals surface area contributed by atoms with Crippen LogP contribution in [-0.2, 0) is 6.54 Å².